The third kappa shape index (κ3) is 3.06. The van der Waals surface area contributed by atoms with Gasteiger partial charge in [-0.2, -0.15) is 5.10 Å². The minimum atomic E-state index is 0.148. The minimum Gasteiger partial charge on any atom is -0.383 e. The molecule has 0 saturated heterocycles. The molecule has 3 heterocycles. The molecule has 2 N–H and O–H groups in total. The first-order chi connectivity index (χ1) is 13.0. The number of aromatic nitrogens is 5. The number of carbonyl (C=O) groups excluding carboxylic acids is 1. The summed E-state index contributed by atoms with van der Waals surface area (Å²) >= 11 is 1.54. The van der Waals surface area contributed by atoms with Crippen LogP contribution in [0.15, 0.2) is 24.5 Å². The van der Waals surface area contributed by atoms with E-state index in [2.05, 4.69) is 28.8 Å². The van der Waals surface area contributed by atoms with Crippen LogP contribution in [-0.2, 0) is 11.2 Å². The van der Waals surface area contributed by atoms with Crippen LogP contribution in [0.2, 0.25) is 0 Å². The molecule has 0 aliphatic carbocycles. The number of hydrogen-bond acceptors (Lipinski definition) is 7. The molecule has 0 spiro atoms. The molecule has 27 heavy (non-hydrogen) atoms. The second kappa shape index (κ2) is 6.70. The lowest BCUT2D eigenvalue weighted by Gasteiger charge is -2.05. The first-order valence-corrected chi connectivity index (χ1v) is 9.69. The van der Waals surface area contributed by atoms with E-state index in [0.717, 1.165) is 37.5 Å². The van der Waals surface area contributed by atoms with Crippen LogP contribution in [0.3, 0.4) is 0 Å². The van der Waals surface area contributed by atoms with Gasteiger partial charge in [0.25, 0.3) is 0 Å². The van der Waals surface area contributed by atoms with Crippen LogP contribution in [-0.4, -0.2) is 30.5 Å². The number of fused-ring (bicyclic) bond motifs is 2. The number of nitrogens with two attached hydrogens (primary N) is 1. The van der Waals surface area contributed by atoms with Crippen LogP contribution in [0.25, 0.3) is 32.5 Å². The van der Waals surface area contributed by atoms with Gasteiger partial charge in [0.1, 0.15) is 28.6 Å². The van der Waals surface area contributed by atoms with Gasteiger partial charge in [-0.25, -0.2) is 19.6 Å². The van der Waals surface area contributed by atoms with Gasteiger partial charge in [0.05, 0.1) is 22.0 Å². The lowest BCUT2D eigenvalue weighted by Crippen LogP contribution is -2.04. The summed E-state index contributed by atoms with van der Waals surface area (Å²) in [7, 11) is 0. The van der Waals surface area contributed by atoms with Crippen molar-refractivity contribution >= 4 is 44.2 Å². The monoisotopic (exact) mass is 380 g/mol. The van der Waals surface area contributed by atoms with Gasteiger partial charge < -0.3 is 5.73 Å². The highest BCUT2D eigenvalue weighted by atomic mass is 32.1. The number of anilines is 1. The summed E-state index contributed by atoms with van der Waals surface area (Å²) in [6.45, 7) is 5.98. The van der Waals surface area contributed by atoms with Crippen LogP contribution in [0, 0.1) is 0 Å². The number of benzene rings is 1. The average Bonchev–Trinajstić information content (AvgIpc) is 3.22. The topological polar surface area (TPSA) is 99.6 Å². The van der Waals surface area contributed by atoms with Crippen molar-refractivity contribution in [3.63, 3.8) is 0 Å². The molecule has 0 radical (unpaired) electrons. The van der Waals surface area contributed by atoms with E-state index in [1.807, 2.05) is 29.8 Å². The second-order valence-corrected chi connectivity index (χ2v) is 7.82. The smallest absolute Gasteiger partial charge is 0.164 e. The minimum absolute atomic E-state index is 0.148. The van der Waals surface area contributed by atoms with Crippen LogP contribution >= 0.6 is 11.3 Å². The highest BCUT2D eigenvalue weighted by Crippen LogP contribution is 2.34. The molecule has 0 fully saturated rings. The zero-order chi connectivity index (χ0) is 19.1. The van der Waals surface area contributed by atoms with E-state index in [9.17, 15) is 4.79 Å². The van der Waals surface area contributed by atoms with Crippen molar-refractivity contribution in [3.05, 3.63) is 29.5 Å². The summed E-state index contributed by atoms with van der Waals surface area (Å²) < 4.78 is 2.89. The van der Waals surface area contributed by atoms with Gasteiger partial charge in [0.15, 0.2) is 5.65 Å². The third-order valence-electron chi connectivity index (χ3n) is 4.46. The summed E-state index contributed by atoms with van der Waals surface area (Å²) in [4.78, 5) is 24.8. The standard InChI is InChI=1S/C19H20N6OS/c1-4-12(26)8-15-23-13-6-5-11(7-14(13)27-15)17-16-18(20)21-9-22-19(16)25(24-17)10(2)3/h5-7,9-10H,4,8H2,1-3H3,(H2,20,21,22). The van der Waals surface area contributed by atoms with Crippen LogP contribution in [0.4, 0.5) is 5.82 Å². The molecule has 7 nitrogen and oxygen atoms in total. The maximum atomic E-state index is 11.7. The Hall–Kier alpha value is -2.87. The van der Waals surface area contributed by atoms with Crippen molar-refractivity contribution in [1.29, 1.82) is 0 Å². The van der Waals surface area contributed by atoms with Gasteiger partial charge in [-0.15, -0.1) is 11.3 Å². The molecule has 0 unspecified atom stereocenters. The maximum absolute atomic E-state index is 11.7. The van der Waals surface area contributed by atoms with Gasteiger partial charge in [-0.1, -0.05) is 13.0 Å². The summed E-state index contributed by atoms with van der Waals surface area (Å²) in [5.74, 6) is 0.612. The van der Waals surface area contributed by atoms with Gasteiger partial charge in [-0.3, -0.25) is 4.79 Å². The van der Waals surface area contributed by atoms with Crippen molar-refractivity contribution < 1.29 is 4.79 Å². The molecule has 0 saturated carbocycles. The number of nitrogen functional groups attached to an aromatic ring is 1. The predicted molar refractivity (Wildman–Crippen MR) is 108 cm³/mol. The first kappa shape index (κ1) is 17.5. The number of carbonyl (C=O) groups is 1. The number of thiazole rings is 1. The third-order valence-corrected chi connectivity index (χ3v) is 5.47. The summed E-state index contributed by atoms with van der Waals surface area (Å²) in [5, 5.41) is 6.36. The van der Waals surface area contributed by atoms with E-state index < -0.39 is 0 Å². The molecule has 0 aliphatic rings. The molecule has 0 bridgehead atoms. The van der Waals surface area contributed by atoms with Crippen molar-refractivity contribution in [1.82, 2.24) is 24.7 Å². The Kier molecular flexibility index (Phi) is 4.35. The highest BCUT2D eigenvalue weighted by Gasteiger charge is 2.19. The molecule has 0 aliphatic heterocycles. The highest BCUT2D eigenvalue weighted by molar-refractivity contribution is 7.18. The molecule has 0 atom stereocenters. The van der Waals surface area contributed by atoms with E-state index in [4.69, 9.17) is 10.8 Å². The van der Waals surface area contributed by atoms with E-state index in [0.29, 0.717) is 18.7 Å². The Labute approximate surface area is 160 Å². The Balaban J connectivity index is 1.86. The van der Waals surface area contributed by atoms with Crippen LogP contribution in [0.1, 0.15) is 38.2 Å². The number of nitrogens with zero attached hydrogens (tertiary/aromatic N) is 5. The lowest BCUT2D eigenvalue weighted by atomic mass is 10.1. The molecule has 1 aromatic carbocycles. The lowest BCUT2D eigenvalue weighted by molar-refractivity contribution is -0.118. The zero-order valence-electron chi connectivity index (χ0n) is 15.4. The molecule has 8 heteroatoms. The first-order valence-electron chi connectivity index (χ1n) is 8.88. The molecule has 138 valence electrons. The Bertz CT molecular complexity index is 1160. The Morgan fingerprint density at radius 3 is 2.85 bits per heavy atom. The van der Waals surface area contributed by atoms with E-state index in [1.54, 1.807) is 11.3 Å². The Morgan fingerprint density at radius 2 is 2.11 bits per heavy atom. The molecule has 4 rings (SSSR count). The molecule has 4 aromatic rings. The Morgan fingerprint density at radius 1 is 1.30 bits per heavy atom. The average molecular weight is 380 g/mol. The summed E-state index contributed by atoms with van der Waals surface area (Å²) in [5.41, 5.74) is 9.46. The summed E-state index contributed by atoms with van der Waals surface area (Å²) in [6, 6.07) is 6.13. The number of Topliss-reactive ketones (excluding diaryl/α,β-unsaturated/α-hetero) is 1. The summed E-state index contributed by atoms with van der Waals surface area (Å²) in [6.07, 6.45) is 2.38. The fourth-order valence-electron chi connectivity index (χ4n) is 3.05. The maximum Gasteiger partial charge on any atom is 0.164 e. The fourth-order valence-corrected chi connectivity index (χ4v) is 4.08. The van der Waals surface area contributed by atoms with Crippen molar-refractivity contribution in [2.45, 2.75) is 39.7 Å². The van der Waals surface area contributed by atoms with Crippen LogP contribution in [0.5, 0.6) is 0 Å². The van der Waals surface area contributed by atoms with E-state index >= 15 is 0 Å². The molecular weight excluding hydrogens is 360 g/mol. The van der Waals surface area contributed by atoms with Gasteiger partial charge in [-0.05, 0) is 26.0 Å². The van der Waals surface area contributed by atoms with Gasteiger partial charge >= 0.3 is 0 Å². The van der Waals surface area contributed by atoms with E-state index in [1.165, 1.54) is 6.33 Å². The molecule has 3 aromatic heterocycles. The predicted octanol–water partition coefficient (Wildman–Crippen LogP) is 3.79. The molecular formula is C19H20N6OS. The largest absolute Gasteiger partial charge is 0.383 e. The van der Waals surface area contributed by atoms with Crippen molar-refractivity contribution in [2.75, 3.05) is 5.73 Å². The van der Waals surface area contributed by atoms with Gasteiger partial charge in [0.2, 0.25) is 0 Å². The quantitative estimate of drug-likeness (QED) is 0.565. The van der Waals surface area contributed by atoms with Gasteiger partial charge in [0, 0.05) is 18.0 Å². The number of hydrogen-bond donors (Lipinski definition) is 1. The van der Waals surface area contributed by atoms with Crippen molar-refractivity contribution in [2.24, 2.45) is 0 Å². The van der Waals surface area contributed by atoms with Crippen LogP contribution < -0.4 is 5.73 Å². The normalized spacial score (nSPS) is 11.7. The zero-order valence-corrected chi connectivity index (χ0v) is 16.2. The van der Waals surface area contributed by atoms with E-state index in [-0.39, 0.29) is 11.8 Å². The van der Waals surface area contributed by atoms with Crippen molar-refractivity contribution in [3.8, 4) is 11.3 Å². The SMILES string of the molecule is CCC(=O)Cc1nc2ccc(-c3nn(C(C)C)c4ncnc(N)c34)cc2s1. The second-order valence-electron chi connectivity index (χ2n) is 6.70. The number of ketones is 1. The fraction of sp³-hybridized carbons (Fsp3) is 0.316. The molecule has 0 amide bonds. The number of rotatable bonds is 5.